The first kappa shape index (κ1) is 19.9. The predicted molar refractivity (Wildman–Crippen MR) is 118 cm³/mol. The summed E-state index contributed by atoms with van der Waals surface area (Å²) < 4.78 is 14.5. The minimum atomic E-state index is -0.0579. The highest BCUT2D eigenvalue weighted by Crippen LogP contribution is 2.23. The number of nitrogens with zero attached hydrogens (tertiary/aromatic N) is 3. The predicted octanol–water partition coefficient (Wildman–Crippen LogP) is 4.87. The molecular weight excluding hydrogens is 385 g/mol. The molecule has 2 aliphatic rings. The second kappa shape index (κ2) is 8.97. The lowest BCUT2D eigenvalue weighted by Gasteiger charge is -2.11. The Morgan fingerprint density at radius 1 is 1.31 bits per heavy atom. The van der Waals surface area contributed by atoms with Gasteiger partial charge in [0.2, 0.25) is 0 Å². The first-order chi connectivity index (χ1) is 14.1. The van der Waals surface area contributed by atoms with E-state index >= 15 is 0 Å². The van der Waals surface area contributed by atoms with E-state index in [1.54, 1.807) is 6.20 Å². The lowest BCUT2D eigenvalue weighted by Crippen LogP contribution is -2.17. The molecular formula is C22H26FN5S. The molecule has 2 unspecified atom stereocenters. The molecule has 0 spiro atoms. The van der Waals surface area contributed by atoms with Gasteiger partial charge >= 0.3 is 0 Å². The number of hydrogen-bond donors (Lipinski definition) is 3. The van der Waals surface area contributed by atoms with Gasteiger partial charge < -0.3 is 9.88 Å². The molecule has 5 rings (SSSR count). The van der Waals surface area contributed by atoms with Crippen LogP contribution in [0.5, 0.6) is 0 Å². The van der Waals surface area contributed by atoms with Crippen molar-refractivity contribution in [2.45, 2.75) is 38.8 Å². The van der Waals surface area contributed by atoms with E-state index < -0.39 is 0 Å². The van der Waals surface area contributed by atoms with Crippen molar-refractivity contribution in [3.63, 3.8) is 0 Å². The van der Waals surface area contributed by atoms with Crippen LogP contribution in [0.4, 0.5) is 4.39 Å². The first-order valence-electron chi connectivity index (χ1n) is 10.0. The van der Waals surface area contributed by atoms with Crippen molar-refractivity contribution in [1.29, 1.82) is 0 Å². The van der Waals surface area contributed by atoms with Crippen molar-refractivity contribution in [3.8, 4) is 11.3 Å². The van der Waals surface area contributed by atoms with Gasteiger partial charge in [-0.05, 0) is 56.5 Å². The Bertz CT molecular complexity index is 1020. The summed E-state index contributed by atoms with van der Waals surface area (Å²) in [5.41, 5.74) is 4.25. The van der Waals surface area contributed by atoms with Crippen LogP contribution in [0.25, 0.3) is 22.3 Å². The second-order valence-electron chi connectivity index (χ2n) is 7.73. The van der Waals surface area contributed by atoms with Crippen molar-refractivity contribution in [2.24, 2.45) is 5.92 Å². The lowest BCUT2D eigenvalue weighted by molar-refractivity contribution is 0.483. The molecule has 0 radical (unpaired) electrons. The molecule has 0 aromatic carbocycles. The Morgan fingerprint density at radius 3 is 2.86 bits per heavy atom. The fourth-order valence-electron chi connectivity index (χ4n) is 3.89. The summed E-state index contributed by atoms with van der Waals surface area (Å²) in [6, 6.07) is 6.98. The van der Waals surface area contributed by atoms with Gasteiger partial charge in [0, 0.05) is 41.9 Å². The summed E-state index contributed by atoms with van der Waals surface area (Å²) in [5, 5.41) is 10.3. The summed E-state index contributed by atoms with van der Waals surface area (Å²) in [6.07, 6.45) is 11.8. The molecule has 0 amide bonds. The van der Waals surface area contributed by atoms with Gasteiger partial charge in [0.05, 0.1) is 22.9 Å². The van der Waals surface area contributed by atoms with Crippen LogP contribution in [0.15, 0.2) is 59.7 Å². The van der Waals surface area contributed by atoms with Crippen molar-refractivity contribution in [1.82, 2.24) is 25.1 Å². The molecule has 1 aliphatic heterocycles. The Labute approximate surface area is 175 Å². The topological polar surface area (TPSA) is 58.5 Å². The average Bonchev–Trinajstić information content (AvgIpc) is 3.44. The molecule has 4 heterocycles. The molecule has 152 valence electrons. The maximum Gasteiger partial charge on any atom is 0.101 e. The lowest BCUT2D eigenvalue weighted by atomic mass is 10.1. The van der Waals surface area contributed by atoms with Gasteiger partial charge in [-0.3, -0.25) is 5.10 Å². The highest BCUT2D eigenvalue weighted by atomic mass is 32.1. The highest BCUT2D eigenvalue weighted by Gasteiger charge is 2.21. The van der Waals surface area contributed by atoms with E-state index in [2.05, 4.69) is 64.0 Å². The maximum atomic E-state index is 12.2. The van der Waals surface area contributed by atoms with E-state index in [0.717, 1.165) is 41.2 Å². The number of nitrogens with one attached hydrogen (secondary N) is 2. The number of thiol groups is 1. The smallest absolute Gasteiger partial charge is 0.101 e. The van der Waals surface area contributed by atoms with Crippen LogP contribution in [0.1, 0.15) is 26.2 Å². The number of rotatable bonds is 3. The molecule has 0 bridgehead atoms. The molecule has 29 heavy (non-hydrogen) atoms. The minimum Gasteiger partial charge on any atom is -0.346 e. The highest BCUT2D eigenvalue weighted by molar-refractivity contribution is 7.84. The molecule has 3 aromatic rings. The van der Waals surface area contributed by atoms with Crippen LogP contribution < -0.4 is 5.32 Å². The average molecular weight is 412 g/mol. The number of aromatic nitrogens is 4. The molecule has 1 aliphatic carbocycles. The zero-order valence-corrected chi connectivity index (χ0v) is 17.4. The van der Waals surface area contributed by atoms with Gasteiger partial charge in [-0.1, -0.05) is 6.08 Å². The van der Waals surface area contributed by atoms with Crippen molar-refractivity contribution in [3.05, 3.63) is 59.7 Å². The number of allylic oxidation sites excluding steroid dienone is 3. The molecule has 5 nitrogen and oxygen atoms in total. The fourth-order valence-corrected chi connectivity index (χ4v) is 4.16. The normalized spacial score (nSPS) is 21.5. The zero-order chi connectivity index (χ0) is 20.2. The molecule has 3 aromatic heterocycles. The van der Waals surface area contributed by atoms with Gasteiger partial charge in [-0.25, -0.2) is 9.37 Å². The maximum absolute atomic E-state index is 12.2. The van der Waals surface area contributed by atoms with Crippen LogP contribution in [0, 0.1) is 5.92 Å². The SMILES string of the molecule is CC1CC(Cn2ccc3nc(-c4cn[nH]c4)ccc32)CN1.FC1=CC(S)=CCC1. The number of aromatic amines is 1. The van der Waals surface area contributed by atoms with Crippen LogP contribution in [-0.2, 0) is 6.54 Å². The van der Waals surface area contributed by atoms with Crippen molar-refractivity contribution < 1.29 is 4.39 Å². The van der Waals surface area contributed by atoms with Crippen LogP contribution >= 0.6 is 12.6 Å². The van der Waals surface area contributed by atoms with Crippen molar-refractivity contribution in [2.75, 3.05) is 6.54 Å². The summed E-state index contributed by atoms with van der Waals surface area (Å²) in [4.78, 5) is 5.48. The van der Waals surface area contributed by atoms with E-state index in [-0.39, 0.29) is 5.83 Å². The van der Waals surface area contributed by atoms with Crippen molar-refractivity contribution >= 4 is 23.7 Å². The van der Waals surface area contributed by atoms with E-state index in [9.17, 15) is 4.39 Å². The minimum absolute atomic E-state index is 0.0579. The first-order valence-corrected chi connectivity index (χ1v) is 10.5. The largest absolute Gasteiger partial charge is 0.346 e. The number of fused-ring (bicyclic) bond motifs is 1. The Hall–Kier alpha value is -2.38. The third kappa shape index (κ3) is 4.97. The van der Waals surface area contributed by atoms with E-state index in [4.69, 9.17) is 4.98 Å². The van der Waals surface area contributed by atoms with Crippen LogP contribution in [0.2, 0.25) is 0 Å². The third-order valence-corrected chi connectivity index (χ3v) is 5.67. The quantitative estimate of drug-likeness (QED) is 0.539. The number of H-pyrrole nitrogens is 1. The molecule has 7 heteroatoms. The van der Waals surface area contributed by atoms with Gasteiger partial charge in [-0.15, -0.1) is 12.6 Å². The van der Waals surface area contributed by atoms with Crippen LogP contribution in [-0.4, -0.2) is 32.3 Å². The summed E-state index contributed by atoms with van der Waals surface area (Å²) in [6.45, 7) is 4.43. The standard InChI is InChI=1S/C16H19N5.C6H7FS/c1-11-6-12(7-17-11)10-21-5-4-15-16(21)3-2-14(20-15)13-8-18-19-9-13;7-5-2-1-3-6(8)4-5/h2-5,8-9,11-12,17H,6-7,10H2,1H3,(H,18,19);3-4,8H,1-2H2. The Kier molecular flexibility index (Phi) is 6.16. The van der Waals surface area contributed by atoms with Crippen LogP contribution in [0.3, 0.4) is 0 Å². The zero-order valence-electron chi connectivity index (χ0n) is 16.5. The second-order valence-corrected chi connectivity index (χ2v) is 8.24. The van der Waals surface area contributed by atoms with Gasteiger partial charge in [0.1, 0.15) is 5.83 Å². The summed E-state index contributed by atoms with van der Waals surface area (Å²) >= 11 is 3.97. The Morgan fingerprint density at radius 2 is 2.21 bits per heavy atom. The number of halogens is 1. The monoisotopic (exact) mass is 411 g/mol. The molecule has 0 saturated carbocycles. The van der Waals surface area contributed by atoms with Gasteiger partial charge in [0.25, 0.3) is 0 Å². The summed E-state index contributed by atoms with van der Waals surface area (Å²) in [5.74, 6) is 0.654. The summed E-state index contributed by atoms with van der Waals surface area (Å²) in [7, 11) is 0. The molecule has 2 N–H and O–H groups in total. The van der Waals surface area contributed by atoms with Gasteiger partial charge in [0.15, 0.2) is 0 Å². The van der Waals surface area contributed by atoms with E-state index in [0.29, 0.717) is 18.4 Å². The number of hydrogen-bond acceptors (Lipinski definition) is 4. The Balaban J connectivity index is 0.000000216. The fraction of sp³-hybridized carbons (Fsp3) is 0.364. The number of pyridine rings is 1. The third-order valence-electron chi connectivity index (χ3n) is 5.36. The van der Waals surface area contributed by atoms with E-state index in [1.807, 2.05) is 12.3 Å². The van der Waals surface area contributed by atoms with Gasteiger partial charge in [-0.2, -0.15) is 5.10 Å². The molecule has 1 fully saturated rings. The van der Waals surface area contributed by atoms with E-state index in [1.165, 1.54) is 18.0 Å². The molecule has 1 saturated heterocycles. The molecule has 2 atom stereocenters.